The average Bonchev–Trinajstić information content (AvgIpc) is 2.03. The predicted molar refractivity (Wildman–Crippen MR) is 54.8 cm³/mol. The highest BCUT2D eigenvalue weighted by atomic mass is 15.4. The first kappa shape index (κ1) is 9.83. The standard InChI is InChI=1S/C8H17N5/c1-5-9-7-10-6(2)11-8(12-7)13(3)4/h6H,5H2,1-4H3,(H2,9,10,11,12). The fourth-order valence-corrected chi connectivity index (χ4v) is 1.04. The Morgan fingerprint density at radius 1 is 1.54 bits per heavy atom. The molecule has 0 saturated carbocycles. The summed E-state index contributed by atoms with van der Waals surface area (Å²) in [5, 5.41) is 6.26. The third kappa shape index (κ3) is 2.61. The van der Waals surface area contributed by atoms with Crippen LogP contribution in [0.3, 0.4) is 0 Å². The number of rotatable bonds is 1. The van der Waals surface area contributed by atoms with Gasteiger partial charge in [-0.3, -0.25) is 0 Å². The molecule has 0 aromatic heterocycles. The molecule has 0 aromatic rings. The molecule has 1 aliphatic heterocycles. The van der Waals surface area contributed by atoms with Crippen molar-refractivity contribution in [3.8, 4) is 0 Å². The van der Waals surface area contributed by atoms with Crippen molar-refractivity contribution in [1.29, 1.82) is 0 Å². The molecule has 0 aromatic carbocycles. The lowest BCUT2D eigenvalue weighted by molar-refractivity contribution is 0.574. The van der Waals surface area contributed by atoms with Crippen molar-refractivity contribution in [1.82, 2.24) is 15.5 Å². The van der Waals surface area contributed by atoms with Crippen LogP contribution < -0.4 is 10.6 Å². The first-order valence-corrected chi connectivity index (χ1v) is 4.47. The van der Waals surface area contributed by atoms with Gasteiger partial charge in [-0.1, -0.05) is 0 Å². The van der Waals surface area contributed by atoms with Gasteiger partial charge in [0.05, 0.1) is 0 Å². The van der Waals surface area contributed by atoms with Gasteiger partial charge in [-0.2, -0.15) is 4.99 Å². The lowest BCUT2D eigenvalue weighted by atomic mass is 10.5. The van der Waals surface area contributed by atoms with E-state index in [-0.39, 0.29) is 6.17 Å². The van der Waals surface area contributed by atoms with Crippen molar-refractivity contribution < 1.29 is 0 Å². The van der Waals surface area contributed by atoms with E-state index in [0.717, 1.165) is 18.5 Å². The zero-order valence-electron chi connectivity index (χ0n) is 8.63. The topological polar surface area (TPSA) is 52.0 Å². The van der Waals surface area contributed by atoms with Gasteiger partial charge in [-0.25, -0.2) is 4.99 Å². The van der Waals surface area contributed by atoms with E-state index in [1.165, 1.54) is 0 Å². The largest absolute Gasteiger partial charge is 0.356 e. The molecule has 13 heavy (non-hydrogen) atoms. The maximum Gasteiger partial charge on any atom is 0.225 e. The molecule has 0 amide bonds. The van der Waals surface area contributed by atoms with Crippen molar-refractivity contribution >= 4 is 11.9 Å². The Balaban J connectivity index is 2.72. The number of nitrogens with one attached hydrogen (secondary N) is 2. The van der Waals surface area contributed by atoms with Gasteiger partial charge < -0.3 is 15.5 Å². The Morgan fingerprint density at radius 3 is 2.77 bits per heavy atom. The molecule has 5 heteroatoms. The van der Waals surface area contributed by atoms with Crippen LogP contribution in [0.1, 0.15) is 13.8 Å². The molecule has 0 fully saturated rings. The highest BCUT2D eigenvalue weighted by Crippen LogP contribution is 1.97. The van der Waals surface area contributed by atoms with Crippen LogP contribution in [0, 0.1) is 0 Å². The van der Waals surface area contributed by atoms with E-state index in [1.54, 1.807) is 0 Å². The van der Waals surface area contributed by atoms with Gasteiger partial charge in [0.15, 0.2) is 0 Å². The third-order valence-corrected chi connectivity index (χ3v) is 1.61. The molecule has 74 valence electrons. The summed E-state index contributed by atoms with van der Waals surface area (Å²) in [6, 6.07) is 0. The van der Waals surface area contributed by atoms with Gasteiger partial charge in [-0.05, 0) is 13.8 Å². The van der Waals surface area contributed by atoms with E-state index in [1.807, 2.05) is 32.8 Å². The summed E-state index contributed by atoms with van der Waals surface area (Å²) in [6.45, 7) is 4.89. The highest BCUT2D eigenvalue weighted by Gasteiger charge is 2.13. The average molecular weight is 183 g/mol. The van der Waals surface area contributed by atoms with E-state index >= 15 is 0 Å². The van der Waals surface area contributed by atoms with Gasteiger partial charge in [0.1, 0.15) is 6.17 Å². The van der Waals surface area contributed by atoms with Crippen molar-refractivity contribution in [3.63, 3.8) is 0 Å². The zero-order valence-corrected chi connectivity index (χ0v) is 8.63. The normalized spacial score (nSPS) is 21.4. The second-order valence-electron chi connectivity index (χ2n) is 3.13. The summed E-state index contributed by atoms with van der Waals surface area (Å²) in [5.74, 6) is 1.55. The maximum atomic E-state index is 4.32. The van der Waals surface area contributed by atoms with Crippen molar-refractivity contribution in [2.75, 3.05) is 20.6 Å². The minimum Gasteiger partial charge on any atom is -0.356 e. The molecule has 1 unspecified atom stereocenters. The monoisotopic (exact) mass is 183 g/mol. The summed E-state index contributed by atoms with van der Waals surface area (Å²) in [7, 11) is 3.87. The molecular formula is C8H17N5. The van der Waals surface area contributed by atoms with E-state index in [4.69, 9.17) is 0 Å². The number of aliphatic imine (C=N–C) groups is 2. The predicted octanol–water partition coefficient (Wildman–Crippen LogP) is -0.181. The summed E-state index contributed by atoms with van der Waals surface area (Å²) in [5.41, 5.74) is 0. The first-order valence-electron chi connectivity index (χ1n) is 4.47. The smallest absolute Gasteiger partial charge is 0.225 e. The Kier molecular flexibility index (Phi) is 3.11. The fourth-order valence-electron chi connectivity index (χ4n) is 1.04. The number of guanidine groups is 2. The Bertz CT molecular complexity index is 231. The summed E-state index contributed by atoms with van der Waals surface area (Å²) in [4.78, 5) is 10.5. The first-order chi connectivity index (χ1) is 6.13. The molecule has 2 N–H and O–H groups in total. The second kappa shape index (κ2) is 4.11. The SMILES string of the molecule is CCNC1=NC(N(C)C)=NC(C)N1. The fraction of sp³-hybridized carbons (Fsp3) is 0.750. The highest BCUT2D eigenvalue weighted by molar-refractivity contribution is 5.96. The van der Waals surface area contributed by atoms with Crippen LogP contribution in [0.15, 0.2) is 9.98 Å². The minimum absolute atomic E-state index is 0.0870. The van der Waals surface area contributed by atoms with Crippen LogP contribution in [-0.4, -0.2) is 43.6 Å². The zero-order chi connectivity index (χ0) is 9.84. The second-order valence-corrected chi connectivity index (χ2v) is 3.13. The van der Waals surface area contributed by atoms with Crippen molar-refractivity contribution in [3.05, 3.63) is 0 Å². The number of nitrogens with zero attached hydrogens (tertiary/aromatic N) is 3. The van der Waals surface area contributed by atoms with Gasteiger partial charge in [0, 0.05) is 20.6 Å². The molecular weight excluding hydrogens is 166 g/mol. The molecule has 0 spiro atoms. The van der Waals surface area contributed by atoms with Gasteiger partial charge in [0.25, 0.3) is 0 Å². The lowest BCUT2D eigenvalue weighted by Crippen LogP contribution is -2.46. The maximum absolute atomic E-state index is 4.32. The van der Waals surface area contributed by atoms with E-state index in [0.29, 0.717) is 0 Å². The van der Waals surface area contributed by atoms with Crippen molar-refractivity contribution in [2.45, 2.75) is 20.0 Å². The van der Waals surface area contributed by atoms with Gasteiger partial charge in [0.2, 0.25) is 11.9 Å². The Morgan fingerprint density at radius 2 is 2.23 bits per heavy atom. The van der Waals surface area contributed by atoms with Crippen LogP contribution in [0.25, 0.3) is 0 Å². The van der Waals surface area contributed by atoms with Gasteiger partial charge >= 0.3 is 0 Å². The quantitative estimate of drug-likeness (QED) is 0.593. The Labute approximate surface area is 78.9 Å². The molecule has 1 atom stereocenters. The van der Waals surface area contributed by atoms with E-state index < -0.39 is 0 Å². The van der Waals surface area contributed by atoms with E-state index in [9.17, 15) is 0 Å². The summed E-state index contributed by atoms with van der Waals surface area (Å²) in [6.07, 6.45) is 0.0870. The van der Waals surface area contributed by atoms with Crippen LogP contribution in [0.2, 0.25) is 0 Å². The number of hydrogen-bond acceptors (Lipinski definition) is 5. The molecule has 0 bridgehead atoms. The third-order valence-electron chi connectivity index (χ3n) is 1.61. The molecule has 1 aliphatic rings. The van der Waals surface area contributed by atoms with Crippen molar-refractivity contribution in [2.24, 2.45) is 9.98 Å². The van der Waals surface area contributed by atoms with Crippen LogP contribution in [-0.2, 0) is 0 Å². The summed E-state index contributed by atoms with van der Waals surface area (Å²) < 4.78 is 0. The Hall–Kier alpha value is -1.26. The van der Waals surface area contributed by atoms with Crippen LogP contribution in [0.5, 0.6) is 0 Å². The molecule has 5 nitrogen and oxygen atoms in total. The van der Waals surface area contributed by atoms with E-state index in [2.05, 4.69) is 20.6 Å². The molecule has 1 heterocycles. The van der Waals surface area contributed by atoms with Gasteiger partial charge in [-0.15, -0.1) is 0 Å². The van der Waals surface area contributed by atoms with Crippen LogP contribution >= 0.6 is 0 Å². The number of hydrogen-bond donors (Lipinski definition) is 2. The lowest BCUT2D eigenvalue weighted by Gasteiger charge is -2.23. The van der Waals surface area contributed by atoms with Crippen LogP contribution in [0.4, 0.5) is 0 Å². The molecule has 0 radical (unpaired) electrons. The molecule has 0 saturated heterocycles. The summed E-state index contributed by atoms with van der Waals surface area (Å²) >= 11 is 0. The molecule has 1 rings (SSSR count). The minimum atomic E-state index is 0.0870. The molecule has 0 aliphatic carbocycles.